The first-order chi connectivity index (χ1) is 1.73. The molecule has 0 aliphatic heterocycles. The third kappa shape index (κ3) is 11500. The molecule has 1 N–H and O–H groups in total. The molecule has 0 aromatic rings. The Hall–Kier alpha value is -0.0365. The molecule has 0 radical (unpaired) electrons. The van der Waals surface area contributed by atoms with Crippen molar-refractivity contribution in [2.45, 2.75) is 6.92 Å². The summed E-state index contributed by atoms with van der Waals surface area (Å²) in [5.41, 5.74) is 0. The number of aliphatic carboxylic acids is 1. The number of rotatable bonds is 0. The maximum Gasteiger partial charge on any atom is 0.300 e. The fraction of sp³-hybridized carbons (Fsp3) is 0.500. The van der Waals surface area contributed by atoms with Crippen LogP contribution in [-0.2, 0) is 21.3 Å². The summed E-state index contributed by atoms with van der Waals surface area (Å²) < 4.78 is 0. The van der Waals surface area contributed by atoms with Crippen LogP contribution >= 0.6 is 0 Å². The second kappa shape index (κ2) is 3.96. The fourth-order valence-electron chi connectivity index (χ4n) is 0. The Morgan fingerprint density at radius 1 is 1.80 bits per heavy atom. The Labute approximate surface area is 40.1 Å². The zero-order valence-electron chi connectivity index (χ0n) is 2.67. The van der Waals surface area contributed by atoms with Gasteiger partial charge in [-0.2, -0.15) is 0 Å². The van der Waals surface area contributed by atoms with Gasteiger partial charge in [0.15, 0.2) is 0 Å². The predicted octanol–water partition coefficient (Wildman–Crippen LogP) is 0.0884. The second-order valence-electron chi connectivity index (χ2n) is 0.519. The van der Waals surface area contributed by atoms with E-state index >= 15 is 0 Å². The normalized spacial score (nSPS) is 5.00. The average Bonchev–Trinajstić information content (AvgIpc) is 0.811. The Bertz CT molecular complexity index is 30.6. The summed E-state index contributed by atoms with van der Waals surface area (Å²) >= 11 is 0. The SMILES string of the molecule is CC(=O)O.[Ni]. The van der Waals surface area contributed by atoms with Crippen molar-refractivity contribution in [3.63, 3.8) is 0 Å². The molecule has 0 fully saturated rings. The van der Waals surface area contributed by atoms with Crippen molar-refractivity contribution in [3.8, 4) is 0 Å². The maximum absolute atomic E-state index is 9.00. The summed E-state index contributed by atoms with van der Waals surface area (Å²) in [5.74, 6) is -0.833. The van der Waals surface area contributed by atoms with Crippen LogP contribution in [0.2, 0.25) is 0 Å². The van der Waals surface area contributed by atoms with Gasteiger partial charge in [0.25, 0.3) is 5.97 Å². The fourth-order valence-corrected chi connectivity index (χ4v) is 0. The second-order valence-corrected chi connectivity index (χ2v) is 0.519. The van der Waals surface area contributed by atoms with E-state index in [-0.39, 0.29) is 16.5 Å². The van der Waals surface area contributed by atoms with Crippen LogP contribution in [0, 0.1) is 0 Å². The first-order valence-electron chi connectivity index (χ1n) is 0.928. The molecule has 0 heterocycles. The molecule has 0 unspecified atom stereocenters. The van der Waals surface area contributed by atoms with Crippen molar-refractivity contribution < 1.29 is 26.4 Å². The van der Waals surface area contributed by atoms with Crippen LogP contribution in [0.1, 0.15) is 6.92 Å². The minimum atomic E-state index is -0.833. The van der Waals surface area contributed by atoms with E-state index in [4.69, 9.17) is 9.90 Å². The molecular weight excluding hydrogens is 115 g/mol. The summed E-state index contributed by atoms with van der Waals surface area (Å²) in [6, 6.07) is 0. The van der Waals surface area contributed by atoms with Crippen LogP contribution in [0.25, 0.3) is 0 Å². The largest absolute Gasteiger partial charge is 0.481 e. The van der Waals surface area contributed by atoms with Gasteiger partial charge in [0.05, 0.1) is 0 Å². The smallest absolute Gasteiger partial charge is 0.300 e. The van der Waals surface area contributed by atoms with Crippen molar-refractivity contribution in [3.05, 3.63) is 0 Å². The Morgan fingerprint density at radius 2 is 1.80 bits per heavy atom. The first-order valence-corrected chi connectivity index (χ1v) is 0.928. The molecule has 0 bridgehead atoms. The molecule has 5 heavy (non-hydrogen) atoms. The molecule has 2 nitrogen and oxygen atoms in total. The molecule has 0 rings (SSSR count). The molecule has 0 aromatic heterocycles. The number of hydrogen-bond donors (Lipinski definition) is 1. The molecule has 0 aromatic carbocycles. The summed E-state index contributed by atoms with van der Waals surface area (Å²) in [4.78, 5) is 9.00. The van der Waals surface area contributed by atoms with Crippen LogP contribution in [0.3, 0.4) is 0 Å². The average molecular weight is 119 g/mol. The van der Waals surface area contributed by atoms with E-state index in [0.29, 0.717) is 0 Å². The van der Waals surface area contributed by atoms with Crippen LogP contribution < -0.4 is 0 Å². The molecule has 0 saturated heterocycles. The molecule has 0 spiro atoms. The molecule has 0 saturated carbocycles. The Kier molecular flexibility index (Phi) is 7.04. The van der Waals surface area contributed by atoms with Gasteiger partial charge in [-0.05, 0) is 0 Å². The van der Waals surface area contributed by atoms with E-state index < -0.39 is 5.97 Å². The third-order valence-electron chi connectivity index (χ3n) is 0. The van der Waals surface area contributed by atoms with Crippen molar-refractivity contribution in [2.75, 3.05) is 0 Å². The minimum absolute atomic E-state index is 0. The Balaban J connectivity index is 0. The van der Waals surface area contributed by atoms with Crippen LogP contribution in [-0.4, -0.2) is 11.1 Å². The van der Waals surface area contributed by atoms with E-state index in [1.807, 2.05) is 0 Å². The first kappa shape index (κ1) is 8.88. The number of hydrogen-bond acceptors (Lipinski definition) is 1. The molecule has 0 amide bonds. The summed E-state index contributed by atoms with van der Waals surface area (Å²) in [6.45, 7) is 1.08. The van der Waals surface area contributed by atoms with Crippen molar-refractivity contribution in [2.24, 2.45) is 0 Å². The Morgan fingerprint density at radius 3 is 1.80 bits per heavy atom. The standard InChI is InChI=1S/C2H4O2.Ni/c1-2(3)4;/h1H3,(H,3,4);. The van der Waals surface area contributed by atoms with E-state index in [1.54, 1.807) is 0 Å². The topological polar surface area (TPSA) is 37.3 Å². The van der Waals surface area contributed by atoms with E-state index in [2.05, 4.69) is 0 Å². The van der Waals surface area contributed by atoms with Gasteiger partial charge >= 0.3 is 0 Å². The van der Waals surface area contributed by atoms with Crippen molar-refractivity contribution in [1.82, 2.24) is 0 Å². The predicted molar refractivity (Wildman–Crippen MR) is 13.3 cm³/mol. The van der Waals surface area contributed by atoms with Crippen LogP contribution in [0.4, 0.5) is 0 Å². The summed E-state index contributed by atoms with van der Waals surface area (Å²) in [7, 11) is 0. The van der Waals surface area contributed by atoms with Crippen molar-refractivity contribution >= 4 is 5.97 Å². The van der Waals surface area contributed by atoms with Crippen LogP contribution in [0.15, 0.2) is 0 Å². The number of carbonyl (C=O) groups is 1. The molecule has 0 aliphatic rings. The van der Waals surface area contributed by atoms with Gasteiger partial charge in [-0.25, -0.2) is 0 Å². The third-order valence-corrected chi connectivity index (χ3v) is 0. The van der Waals surface area contributed by atoms with Gasteiger partial charge in [0.1, 0.15) is 0 Å². The summed E-state index contributed by atoms with van der Waals surface area (Å²) in [5, 5.41) is 7.42. The van der Waals surface area contributed by atoms with E-state index in [0.717, 1.165) is 6.92 Å². The van der Waals surface area contributed by atoms with Gasteiger partial charge in [0.2, 0.25) is 0 Å². The van der Waals surface area contributed by atoms with E-state index in [1.165, 1.54) is 0 Å². The van der Waals surface area contributed by atoms with Gasteiger partial charge in [-0.1, -0.05) is 0 Å². The van der Waals surface area contributed by atoms with Gasteiger partial charge in [-0.15, -0.1) is 0 Å². The summed E-state index contributed by atoms with van der Waals surface area (Å²) in [6.07, 6.45) is 0. The monoisotopic (exact) mass is 118 g/mol. The van der Waals surface area contributed by atoms with Crippen molar-refractivity contribution in [1.29, 1.82) is 0 Å². The molecule has 3 heteroatoms. The molecule has 0 atom stereocenters. The zero-order chi connectivity index (χ0) is 3.58. The van der Waals surface area contributed by atoms with Crippen LogP contribution in [0.5, 0.6) is 0 Å². The van der Waals surface area contributed by atoms with Gasteiger partial charge in [0, 0.05) is 23.4 Å². The molecule has 0 aliphatic carbocycles. The zero-order valence-corrected chi connectivity index (χ0v) is 3.66. The maximum atomic E-state index is 9.00. The van der Waals surface area contributed by atoms with E-state index in [9.17, 15) is 0 Å². The minimum Gasteiger partial charge on any atom is -0.481 e. The van der Waals surface area contributed by atoms with Gasteiger partial charge in [-0.3, -0.25) is 4.79 Å². The molecule has 34 valence electrons. The van der Waals surface area contributed by atoms with Gasteiger partial charge < -0.3 is 5.11 Å². The number of carboxylic acid groups (broad SMARTS) is 1. The molecular formula is C2H4NiO2. The number of carboxylic acids is 1. The quantitative estimate of drug-likeness (QED) is 0.458.